The van der Waals surface area contributed by atoms with Crippen molar-refractivity contribution in [1.82, 2.24) is 5.06 Å². The third-order valence-electron chi connectivity index (χ3n) is 2.97. The maximum absolute atomic E-state index is 11.6. The van der Waals surface area contributed by atoms with E-state index >= 15 is 0 Å². The first-order valence-corrected chi connectivity index (χ1v) is 6.46. The minimum absolute atomic E-state index is 0.0625. The summed E-state index contributed by atoms with van der Waals surface area (Å²) in [5, 5.41) is 0.788. The zero-order chi connectivity index (χ0) is 15.2. The molecule has 0 radical (unpaired) electrons. The van der Waals surface area contributed by atoms with E-state index in [9.17, 15) is 14.4 Å². The van der Waals surface area contributed by atoms with Crippen LogP contribution in [0.25, 0.3) is 6.08 Å². The van der Waals surface area contributed by atoms with Gasteiger partial charge in [0.25, 0.3) is 11.8 Å². The fraction of sp³-hybridized carbons (Fsp3) is 0.267. The second-order valence-corrected chi connectivity index (χ2v) is 4.36. The van der Waals surface area contributed by atoms with E-state index in [0.717, 1.165) is 5.06 Å². The van der Waals surface area contributed by atoms with E-state index in [1.165, 1.54) is 7.11 Å². The Hall–Kier alpha value is -2.47. The molecular weight excluding hydrogens is 274 g/mol. The van der Waals surface area contributed by atoms with Gasteiger partial charge in [-0.05, 0) is 11.6 Å². The summed E-state index contributed by atoms with van der Waals surface area (Å²) >= 11 is 0. The van der Waals surface area contributed by atoms with Crippen molar-refractivity contribution in [3.63, 3.8) is 0 Å². The zero-order valence-corrected chi connectivity index (χ0v) is 11.6. The van der Waals surface area contributed by atoms with E-state index in [0.29, 0.717) is 11.1 Å². The molecule has 1 heterocycles. The fourth-order valence-corrected chi connectivity index (χ4v) is 1.93. The van der Waals surface area contributed by atoms with E-state index < -0.39 is 5.97 Å². The fourth-order valence-electron chi connectivity index (χ4n) is 1.93. The van der Waals surface area contributed by atoms with Crippen LogP contribution in [0, 0.1) is 0 Å². The molecule has 1 aromatic carbocycles. The summed E-state index contributed by atoms with van der Waals surface area (Å²) in [4.78, 5) is 39.3. The SMILES string of the molecule is COC(=O)c1ccccc1/C=C/CON1C(=O)CCC1=O. The number of hydrogen-bond acceptors (Lipinski definition) is 5. The lowest BCUT2D eigenvalue weighted by molar-refractivity contribution is -0.184. The number of hydrogen-bond donors (Lipinski definition) is 0. The van der Waals surface area contributed by atoms with Gasteiger partial charge in [0.2, 0.25) is 0 Å². The number of carbonyl (C=O) groups excluding carboxylic acids is 3. The Morgan fingerprint density at radius 3 is 2.57 bits per heavy atom. The Morgan fingerprint density at radius 2 is 1.90 bits per heavy atom. The summed E-state index contributed by atoms with van der Waals surface area (Å²) in [7, 11) is 1.32. The molecule has 0 unspecified atom stereocenters. The number of carbonyl (C=O) groups is 3. The largest absolute Gasteiger partial charge is 0.465 e. The summed E-state index contributed by atoms with van der Waals surface area (Å²) < 4.78 is 4.69. The molecule has 0 aromatic heterocycles. The molecule has 1 saturated heterocycles. The standard InChI is InChI=1S/C15H15NO5/c1-20-15(19)12-7-3-2-5-11(12)6-4-10-21-16-13(17)8-9-14(16)18/h2-7H,8-10H2,1H3/b6-4+. The van der Waals surface area contributed by atoms with Crippen LogP contribution in [0.5, 0.6) is 0 Å². The van der Waals surface area contributed by atoms with Crippen LogP contribution >= 0.6 is 0 Å². The van der Waals surface area contributed by atoms with Crippen LogP contribution in [0.1, 0.15) is 28.8 Å². The van der Waals surface area contributed by atoms with Crippen LogP contribution in [-0.2, 0) is 19.2 Å². The van der Waals surface area contributed by atoms with Crippen LogP contribution in [0.3, 0.4) is 0 Å². The molecule has 6 nitrogen and oxygen atoms in total. The topological polar surface area (TPSA) is 72.9 Å². The Morgan fingerprint density at radius 1 is 1.24 bits per heavy atom. The van der Waals surface area contributed by atoms with Crippen molar-refractivity contribution >= 4 is 23.9 Å². The minimum atomic E-state index is -0.430. The van der Waals surface area contributed by atoms with Crippen molar-refractivity contribution in [3.05, 3.63) is 41.5 Å². The number of nitrogens with zero attached hydrogens (tertiary/aromatic N) is 1. The van der Waals surface area contributed by atoms with Crippen LogP contribution in [0.15, 0.2) is 30.3 Å². The van der Waals surface area contributed by atoms with Crippen molar-refractivity contribution in [3.8, 4) is 0 Å². The van der Waals surface area contributed by atoms with Crippen molar-refractivity contribution in [2.75, 3.05) is 13.7 Å². The highest BCUT2D eigenvalue weighted by Gasteiger charge is 2.29. The number of esters is 1. The summed E-state index contributed by atoms with van der Waals surface area (Å²) in [6, 6.07) is 6.94. The van der Waals surface area contributed by atoms with Crippen molar-refractivity contribution in [2.45, 2.75) is 12.8 Å². The van der Waals surface area contributed by atoms with Gasteiger partial charge >= 0.3 is 5.97 Å². The smallest absolute Gasteiger partial charge is 0.338 e. The van der Waals surface area contributed by atoms with E-state index in [1.807, 2.05) is 0 Å². The average Bonchev–Trinajstić information content (AvgIpc) is 2.82. The van der Waals surface area contributed by atoms with Gasteiger partial charge in [-0.1, -0.05) is 30.4 Å². The molecule has 1 aromatic rings. The van der Waals surface area contributed by atoms with E-state index in [1.54, 1.807) is 36.4 Å². The van der Waals surface area contributed by atoms with Gasteiger partial charge in [0.05, 0.1) is 19.3 Å². The molecule has 2 rings (SSSR count). The molecule has 0 N–H and O–H groups in total. The third kappa shape index (κ3) is 3.55. The first kappa shape index (κ1) is 14.9. The number of benzene rings is 1. The van der Waals surface area contributed by atoms with E-state index in [2.05, 4.69) is 0 Å². The molecular formula is C15H15NO5. The second kappa shape index (κ2) is 6.81. The Kier molecular flexibility index (Phi) is 4.84. The number of hydroxylamine groups is 2. The van der Waals surface area contributed by atoms with Gasteiger partial charge in [0.1, 0.15) is 0 Å². The number of methoxy groups -OCH3 is 1. The second-order valence-electron chi connectivity index (χ2n) is 4.36. The number of amides is 2. The van der Waals surface area contributed by atoms with Crippen LogP contribution < -0.4 is 0 Å². The molecule has 6 heteroatoms. The summed E-state index contributed by atoms with van der Waals surface area (Å²) in [6.45, 7) is 0.0625. The quantitative estimate of drug-likeness (QED) is 0.607. The molecule has 0 bridgehead atoms. The molecule has 2 amide bonds. The van der Waals surface area contributed by atoms with Crippen LogP contribution in [0.2, 0.25) is 0 Å². The van der Waals surface area contributed by atoms with Crippen LogP contribution in [0.4, 0.5) is 0 Å². The molecule has 0 aliphatic carbocycles. The normalized spacial score (nSPS) is 15.0. The van der Waals surface area contributed by atoms with Gasteiger partial charge < -0.3 is 4.74 Å². The highest BCUT2D eigenvalue weighted by atomic mass is 16.7. The number of imide groups is 1. The monoisotopic (exact) mass is 289 g/mol. The Bertz CT molecular complexity index is 577. The predicted octanol–water partition coefficient (Wildman–Crippen LogP) is 1.57. The van der Waals surface area contributed by atoms with Gasteiger partial charge in [-0.15, -0.1) is 0 Å². The van der Waals surface area contributed by atoms with Crippen LogP contribution in [-0.4, -0.2) is 36.6 Å². The Balaban J connectivity index is 1.97. The molecule has 1 aliphatic rings. The van der Waals surface area contributed by atoms with Crippen molar-refractivity contribution < 1.29 is 24.0 Å². The lowest BCUT2D eigenvalue weighted by atomic mass is 10.1. The lowest BCUT2D eigenvalue weighted by Crippen LogP contribution is -2.29. The average molecular weight is 289 g/mol. The zero-order valence-electron chi connectivity index (χ0n) is 11.6. The van der Waals surface area contributed by atoms with Crippen molar-refractivity contribution in [1.29, 1.82) is 0 Å². The summed E-state index contributed by atoms with van der Waals surface area (Å²) in [5.74, 6) is -1.09. The molecule has 110 valence electrons. The Labute approximate surface area is 121 Å². The van der Waals surface area contributed by atoms with Crippen molar-refractivity contribution in [2.24, 2.45) is 0 Å². The summed E-state index contributed by atoms with van der Waals surface area (Å²) in [5.41, 5.74) is 1.11. The maximum Gasteiger partial charge on any atom is 0.338 e. The summed E-state index contributed by atoms with van der Waals surface area (Å²) in [6.07, 6.45) is 3.68. The van der Waals surface area contributed by atoms with E-state index in [4.69, 9.17) is 9.57 Å². The minimum Gasteiger partial charge on any atom is -0.465 e. The van der Waals surface area contributed by atoms with Gasteiger partial charge in [-0.25, -0.2) is 4.79 Å². The molecule has 1 aliphatic heterocycles. The van der Waals surface area contributed by atoms with Gasteiger partial charge in [0.15, 0.2) is 0 Å². The van der Waals surface area contributed by atoms with Gasteiger partial charge in [-0.3, -0.25) is 14.4 Å². The highest BCUT2D eigenvalue weighted by molar-refractivity contribution is 6.00. The first-order chi connectivity index (χ1) is 10.1. The highest BCUT2D eigenvalue weighted by Crippen LogP contribution is 2.14. The molecule has 1 fully saturated rings. The molecule has 0 spiro atoms. The molecule has 0 saturated carbocycles. The van der Waals surface area contributed by atoms with Gasteiger partial charge in [0, 0.05) is 12.8 Å². The molecule has 21 heavy (non-hydrogen) atoms. The lowest BCUT2D eigenvalue weighted by Gasteiger charge is -2.11. The third-order valence-corrected chi connectivity index (χ3v) is 2.97. The van der Waals surface area contributed by atoms with E-state index in [-0.39, 0.29) is 31.3 Å². The van der Waals surface area contributed by atoms with Gasteiger partial charge in [-0.2, -0.15) is 5.06 Å². The molecule has 0 atom stereocenters. The first-order valence-electron chi connectivity index (χ1n) is 6.46. The number of ether oxygens (including phenoxy) is 1. The maximum atomic E-state index is 11.6. The number of rotatable bonds is 5. The predicted molar refractivity (Wildman–Crippen MR) is 73.9 cm³/mol.